The monoisotopic (exact) mass is 657 g/mol. The third kappa shape index (κ3) is 5.08. The van der Waals surface area contributed by atoms with E-state index in [1.807, 2.05) is 0 Å². The molecule has 3 fully saturated rings. The number of aromatic nitrogens is 6. The number of phosphoric acid groups is 2. The predicted octanol–water partition coefficient (Wildman–Crippen LogP) is -0.714. The quantitative estimate of drug-likeness (QED) is 0.145. The van der Waals surface area contributed by atoms with Gasteiger partial charge in [0.2, 0.25) is 0 Å². The molecule has 4 aromatic heterocycles. The first-order valence-electron chi connectivity index (χ1n) is 13.0. The molecule has 236 valence electrons. The molecule has 0 aliphatic carbocycles. The Bertz CT molecular complexity index is 1880. The van der Waals surface area contributed by atoms with Crippen LogP contribution in [-0.4, -0.2) is 98.9 Å². The average molecular weight is 657 g/mol. The van der Waals surface area contributed by atoms with Gasteiger partial charge in [-0.15, -0.1) is 0 Å². The van der Waals surface area contributed by atoms with Crippen LogP contribution in [0.4, 0.5) is 5.69 Å². The van der Waals surface area contributed by atoms with E-state index in [-0.39, 0.29) is 11.2 Å². The van der Waals surface area contributed by atoms with Crippen molar-refractivity contribution in [3.05, 3.63) is 47.5 Å². The lowest BCUT2D eigenvalue weighted by Crippen LogP contribution is -2.36. The van der Waals surface area contributed by atoms with Gasteiger partial charge in [0.25, 0.3) is 5.56 Å². The van der Waals surface area contributed by atoms with Crippen LogP contribution in [0.25, 0.3) is 22.2 Å². The summed E-state index contributed by atoms with van der Waals surface area (Å²) in [7, 11) is -10.1. The molecule has 3 aliphatic heterocycles. The Kier molecular flexibility index (Phi) is 7.24. The zero-order valence-corrected chi connectivity index (χ0v) is 24.0. The number of nitrogen functional groups attached to an aromatic ring is 1. The molecular formula is C22H25N7O13P2. The number of H-pyrrole nitrogens is 1. The van der Waals surface area contributed by atoms with E-state index in [2.05, 4.69) is 19.9 Å². The number of imidazole rings is 1. The van der Waals surface area contributed by atoms with Crippen LogP contribution in [0.15, 0.2) is 42.0 Å². The molecule has 10 atom stereocenters. The lowest BCUT2D eigenvalue weighted by Gasteiger charge is -2.25. The number of hydrogen-bond acceptors (Lipinski definition) is 15. The highest BCUT2D eigenvalue weighted by molar-refractivity contribution is 7.47. The van der Waals surface area contributed by atoms with Crippen LogP contribution >= 0.6 is 15.6 Å². The summed E-state index contributed by atoms with van der Waals surface area (Å²) in [6.45, 7) is -1.56. The number of aliphatic hydroxyl groups excluding tert-OH is 2. The SMILES string of the molecule is Nc1ccnc2c1ccn2[C@@H]1O[C@@H]2COP(=O)(O)O[C@@H]3[C@H](O)[C@@H](COP(=O)(O)O[C@H]2[C@H]1O)O[C@H]3n1cnc2c(=O)[nH]cnc21. The van der Waals surface area contributed by atoms with E-state index in [4.69, 9.17) is 33.3 Å². The topological polar surface area (TPSA) is 278 Å². The minimum atomic E-state index is -5.06. The standard InChI is InChI=1S/C22H25N7O13P2/c23-10-1-3-24-18-9(10)2-4-28(18)21-15(31)16-12(40-21)6-38-44(35,36)42-17-14(30)11(5-37-43(33,34)41-16)39-22(17)29-8-27-13-19(29)25-7-26-20(13)32/h1-4,7-8,11-12,14-17,21-22,30-31H,5-6H2,(H2,23,24)(H,33,34)(H,35,36)(H,25,26,32)/t11-,12-,14-,15-,16-,17-,21-,22-/m1/s1. The van der Waals surface area contributed by atoms with E-state index in [1.54, 1.807) is 12.1 Å². The second-order valence-corrected chi connectivity index (χ2v) is 13.0. The maximum atomic E-state index is 13.2. The van der Waals surface area contributed by atoms with Gasteiger partial charge in [0.1, 0.15) is 42.3 Å². The third-order valence-corrected chi connectivity index (χ3v) is 9.47. The van der Waals surface area contributed by atoms with Crippen molar-refractivity contribution in [2.24, 2.45) is 0 Å². The highest BCUT2D eigenvalue weighted by atomic mass is 31.2. The fraction of sp³-hybridized carbons (Fsp3) is 0.455. The Morgan fingerprint density at radius 1 is 0.886 bits per heavy atom. The molecule has 0 radical (unpaired) electrons. The van der Waals surface area contributed by atoms with Crippen molar-refractivity contribution in [3.63, 3.8) is 0 Å². The molecule has 44 heavy (non-hydrogen) atoms. The van der Waals surface area contributed by atoms with Gasteiger partial charge >= 0.3 is 15.6 Å². The normalized spacial score (nSPS) is 38.3. The van der Waals surface area contributed by atoms with Gasteiger partial charge in [-0.25, -0.2) is 24.1 Å². The van der Waals surface area contributed by atoms with E-state index >= 15 is 0 Å². The molecule has 3 aliphatic rings. The molecule has 7 heterocycles. The zero-order chi connectivity index (χ0) is 31.0. The molecule has 0 amide bonds. The van der Waals surface area contributed by atoms with E-state index in [9.17, 15) is 33.9 Å². The Morgan fingerprint density at radius 3 is 2.36 bits per heavy atom. The van der Waals surface area contributed by atoms with Crippen molar-refractivity contribution >= 4 is 43.5 Å². The van der Waals surface area contributed by atoms with Crippen molar-refractivity contribution in [2.75, 3.05) is 18.9 Å². The Morgan fingerprint density at radius 2 is 1.59 bits per heavy atom. The molecular weight excluding hydrogens is 632 g/mol. The van der Waals surface area contributed by atoms with Crippen LogP contribution in [0, 0.1) is 0 Å². The molecule has 2 bridgehead atoms. The van der Waals surface area contributed by atoms with Gasteiger partial charge in [0.05, 0.1) is 25.9 Å². The van der Waals surface area contributed by atoms with Gasteiger partial charge in [0.15, 0.2) is 23.6 Å². The molecule has 20 nitrogen and oxygen atoms in total. The molecule has 3 saturated heterocycles. The summed E-state index contributed by atoms with van der Waals surface area (Å²) >= 11 is 0. The van der Waals surface area contributed by atoms with Gasteiger partial charge in [0, 0.05) is 23.5 Å². The molecule has 7 rings (SSSR count). The maximum Gasteiger partial charge on any atom is 0.472 e. The largest absolute Gasteiger partial charge is 0.472 e. The Labute approximate surface area is 245 Å². The van der Waals surface area contributed by atoms with Crippen LogP contribution in [-0.2, 0) is 36.7 Å². The highest BCUT2D eigenvalue weighted by Gasteiger charge is 2.53. The Hall–Kier alpha value is -3.10. The van der Waals surface area contributed by atoms with Gasteiger partial charge in [-0.05, 0) is 12.1 Å². The number of aromatic amines is 1. The van der Waals surface area contributed by atoms with Gasteiger partial charge < -0.3 is 44.8 Å². The average Bonchev–Trinajstić information content (AvgIpc) is 3.73. The molecule has 22 heteroatoms. The van der Waals surface area contributed by atoms with Crippen LogP contribution in [0.1, 0.15) is 12.5 Å². The van der Waals surface area contributed by atoms with Crippen molar-refractivity contribution < 1.29 is 56.7 Å². The highest BCUT2D eigenvalue weighted by Crippen LogP contribution is 2.53. The number of aliphatic hydroxyl groups is 2. The fourth-order valence-corrected chi connectivity index (χ4v) is 7.34. The summed E-state index contributed by atoms with van der Waals surface area (Å²) in [6, 6.07) is 3.20. The molecule has 2 unspecified atom stereocenters. The predicted molar refractivity (Wildman–Crippen MR) is 143 cm³/mol. The first-order chi connectivity index (χ1) is 20.9. The second-order valence-electron chi connectivity index (χ2n) is 10.2. The van der Waals surface area contributed by atoms with Crippen molar-refractivity contribution in [1.82, 2.24) is 29.1 Å². The summed E-state index contributed by atoms with van der Waals surface area (Å²) in [6.07, 6.45) is -6.96. The zero-order valence-electron chi connectivity index (χ0n) is 22.2. The van der Waals surface area contributed by atoms with Gasteiger partial charge in [-0.2, -0.15) is 0 Å². The number of hydrogen-bond donors (Lipinski definition) is 6. The molecule has 0 aromatic carbocycles. The smallest absolute Gasteiger partial charge is 0.398 e. The maximum absolute atomic E-state index is 13.2. The summed E-state index contributed by atoms with van der Waals surface area (Å²) in [5.74, 6) is 0. The minimum absolute atomic E-state index is 0.0110. The minimum Gasteiger partial charge on any atom is -0.398 e. The summed E-state index contributed by atoms with van der Waals surface area (Å²) < 4.78 is 61.4. The summed E-state index contributed by atoms with van der Waals surface area (Å²) in [4.78, 5) is 48.0. The fourth-order valence-electron chi connectivity index (χ4n) is 5.44. The summed E-state index contributed by atoms with van der Waals surface area (Å²) in [5, 5.41) is 22.7. The lowest BCUT2D eigenvalue weighted by molar-refractivity contribution is -0.0671. The molecule has 0 saturated carbocycles. The van der Waals surface area contributed by atoms with Crippen molar-refractivity contribution in [1.29, 1.82) is 0 Å². The van der Waals surface area contributed by atoms with Crippen LogP contribution in [0.2, 0.25) is 0 Å². The number of pyridine rings is 1. The number of nitrogens with one attached hydrogen (secondary N) is 1. The van der Waals surface area contributed by atoms with Crippen LogP contribution in [0.5, 0.6) is 0 Å². The number of anilines is 1. The van der Waals surface area contributed by atoms with Gasteiger partial charge in [-0.3, -0.25) is 27.5 Å². The summed E-state index contributed by atoms with van der Waals surface area (Å²) in [5.41, 5.74) is 6.03. The molecule has 4 aromatic rings. The number of nitrogens with zero attached hydrogens (tertiary/aromatic N) is 5. The number of phosphoric ester groups is 2. The number of ether oxygens (including phenoxy) is 2. The van der Waals surface area contributed by atoms with E-state index in [0.717, 1.165) is 12.7 Å². The van der Waals surface area contributed by atoms with Crippen molar-refractivity contribution in [3.8, 4) is 0 Å². The molecule has 7 N–H and O–H groups in total. The Balaban J connectivity index is 1.20. The number of rotatable bonds is 2. The van der Waals surface area contributed by atoms with Crippen molar-refractivity contribution in [2.45, 2.75) is 49.1 Å². The lowest BCUT2D eigenvalue weighted by atomic mass is 10.1. The number of nitrogens with two attached hydrogens (primary N) is 1. The van der Waals surface area contributed by atoms with Gasteiger partial charge in [-0.1, -0.05) is 0 Å². The van der Waals surface area contributed by atoms with Crippen LogP contribution < -0.4 is 11.3 Å². The van der Waals surface area contributed by atoms with E-state index in [0.29, 0.717) is 16.7 Å². The van der Waals surface area contributed by atoms with E-state index in [1.165, 1.54) is 21.5 Å². The molecule has 0 spiro atoms. The second kappa shape index (κ2) is 10.8. The first-order valence-corrected chi connectivity index (χ1v) is 16.0. The van der Waals surface area contributed by atoms with Crippen LogP contribution in [0.3, 0.4) is 0 Å². The third-order valence-electron chi connectivity index (χ3n) is 7.50. The first kappa shape index (κ1) is 29.6. The van der Waals surface area contributed by atoms with E-state index < -0.39 is 83.5 Å². The number of fused-ring (bicyclic) bond motifs is 5.